The molecule has 0 saturated heterocycles. The Bertz CT molecular complexity index is 846. The van der Waals surface area contributed by atoms with E-state index >= 15 is 0 Å². The highest BCUT2D eigenvalue weighted by molar-refractivity contribution is 7.89. The third-order valence-electron chi connectivity index (χ3n) is 2.99. The molecule has 0 atom stereocenters. The first-order valence-corrected chi connectivity index (χ1v) is 8.23. The highest BCUT2D eigenvalue weighted by atomic mass is 32.2. The molecule has 0 radical (unpaired) electrons. The fourth-order valence-electron chi connectivity index (χ4n) is 1.78. The van der Waals surface area contributed by atoms with Crippen molar-refractivity contribution < 1.29 is 22.7 Å². The van der Waals surface area contributed by atoms with E-state index in [2.05, 4.69) is 10.6 Å². The van der Waals surface area contributed by atoms with Crippen molar-refractivity contribution in [1.29, 1.82) is 0 Å². The largest absolute Gasteiger partial charge is 0.497 e. The molecule has 8 nitrogen and oxygen atoms in total. The fraction of sp³-hybridized carbons (Fsp3) is 0.0667. The van der Waals surface area contributed by atoms with E-state index in [4.69, 9.17) is 9.88 Å². The summed E-state index contributed by atoms with van der Waals surface area (Å²) in [7, 11) is -2.30. The van der Waals surface area contributed by atoms with Gasteiger partial charge in [-0.3, -0.25) is 9.59 Å². The van der Waals surface area contributed by atoms with Gasteiger partial charge in [-0.2, -0.15) is 0 Å². The van der Waals surface area contributed by atoms with Crippen LogP contribution < -0.4 is 20.5 Å². The number of nitrogens with two attached hydrogens (primary N) is 1. The molecule has 0 bridgehead atoms. The van der Waals surface area contributed by atoms with Crippen molar-refractivity contribution in [3.05, 3.63) is 48.5 Å². The Kier molecular flexibility index (Phi) is 5.17. The van der Waals surface area contributed by atoms with Crippen molar-refractivity contribution in [3.8, 4) is 5.75 Å². The van der Waals surface area contributed by atoms with Crippen LogP contribution in [0.25, 0.3) is 0 Å². The average molecular weight is 349 g/mol. The van der Waals surface area contributed by atoms with E-state index in [-0.39, 0.29) is 10.6 Å². The monoisotopic (exact) mass is 349 g/mol. The van der Waals surface area contributed by atoms with Crippen LogP contribution in [0.5, 0.6) is 5.75 Å². The van der Waals surface area contributed by atoms with Crippen molar-refractivity contribution in [2.45, 2.75) is 4.90 Å². The van der Waals surface area contributed by atoms with E-state index in [1.807, 2.05) is 0 Å². The Balaban J connectivity index is 1.99. The lowest BCUT2D eigenvalue weighted by Gasteiger charge is -2.07. The van der Waals surface area contributed by atoms with E-state index in [9.17, 15) is 18.0 Å². The molecule has 2 rings (SSSR count). The van der Waals surface area contributed by atoms with Crippen LogP contribution in [0.15, 0.2) is 53.4 Å². The molecule has 0 fully saturated rings. The molecule has 0 spiro atoms. The van der Waals surface area contributed by atoms with Crippen molar-refractivity contribution in [2.24, 2.45) is 5.14 Å². The number of ether oxygens (including phenoxy) is 1. The molecule has 2 amide bonds. The molecule has 9 heteroatoms. The van der Waals surface area contributed by atoms with E-state index in [0.29, 0.717) is 11.4 Å². The third-order valence-corrected chi connectivity index (χ3v) is 3.92. The minimum absolute atomic E-state index is 0.0943. The summed E-state index contributed by atoms with van der Waals surface area (Å²) in [6, 6.07) is 11.6. The van der Waals surface area contributed by atoms with Gasteiger partial charge in [0.05, 0.1) is 12.0 Å². The molecular formula is C15H15N3O5S. The zero-order valence-electron chi connectivity index (χ0n) is 12.6. The molecular weight excluding hydrogens is 334 g/mol. The SMILES string of the molecule is COc1ccc(NC(=O)C(=O)Nc2ccc(S(N)(=O)=O)cc2)cc1. The topological polar surface area (TPSA) is 128 Å². The van der Waals surface area contributed by atoms with E-state index in [1.54, 1.807) is 24.3 Å². The van der Waals surface area contributed by atoms with Gasteiger partial charge in [-0.05, 0) is 48.5 Å². The predicted molar refractivity (Wildman–Crippen MR) is 88.1 cm³/mol. The lowest BCUT2D eigenvalue weighted by molar-refractivity contribution is -0.132. The standard InChI is InChI=1S/C15H15N3O5S/c1-23-12-6-2-10(3-7-12)17-14(19)15(20)18-11-4-8-13(9-5-11)24(16,21)22/h2-9H,1H3,(H,17,19)(H,18,20)(H2,16,21,22). The molecule has 0 aromatic heterocycles. The Morgan fingerprint density at radius 1 is 0.875 bits per heavy atom. The first-order chi connectivity index (χ1) is 11.3. The van der Waals surface area contributed by atoms with Crippen LogP contribution in [0.1, 0.15) is 0 Å². The zero-order valence-corrected chi connectivity index (χ0v) is 13.5. The highest BCUT2D eigenvalue weighted by Crippen LogP contribution is 2.15. The quantitative estimate of drug-likeness (QED) is 0.707. The Morgan fingerprint density at radius 2 is 1.29 bits per heavy atom. The third kappa shape index (κ3) is 4.54. The number of hydrogen-bond acceptors (Lipinski definition) is 5. The molecule has 2 aromatic carbocycles. The number of methoxy groups -OCH3 is 1. The second kappa shape index (κ2) is 7.11. The first kappa shape index (κ1) is 17.4. The molecule has 2 aromatic rings. The summed E-state index contributed by atoms with van der Waals surface area (Å²) in [5.41, 5.74) is 0.692. The number of hydrogen-bond donors (Lipinski definition) is 3. The minimum atomic E-state index is -3.81. The van der Waals surface area contributed by atoms with E-state index < -0.39 is 21.8 Å². The van der Waals surface area contributed by atoms with Gasteiger partial charge in [0.25, 0.3) is 0 Å². The van der Waals surface area contributed by atoms with Gasteiger partial charge in [-0.15, -0.1) is 0 Å². The summed E-state index contributed by atoms with van der Waals surface area (Å²) in [6.45, 7) is 0. The van der Waals surface area contributed by atoms with Crippen LogP contribution in [-0.4, -0.2) is 27.3 Å². The molecule has 0 saturated carbocycles. The molecule has 0 aliphatic rings. The van der Waals surface area contributed by atoms with Gasteiger partial charge in [0, 0.05) is 11.4 Å². The summed E-state index contributed by atoms with van der Waals surface area (Å²) < 4.78 is 27.3. The number of carbonyl (C=O) groups excluding carboxylic acids is 2. The number of rotatable bonds is 4. The normalized spacial score (nSPS) is 10.8. The van der Waals surface area contributed by atoms with Crippen molar-refractivity contribution in [3.63, 3.8) is 0 Å². The smallest absolute Gasteiger partial charge is 0.314 e. The maximum absolute atomic E-state index is 11.8. The number of nitrogens with one attached hydrogen (secondary N) is 2. The Hall–Kier alpha value is -2.91. The van der Waals surface area contributed by atoms with Gasteiger partial charge in [0.15, 0.2) is 0 Å². The fourth-order valence-corrected chi connectivity index (χ4v) is 2.29. The lowest BCUT2D eigenvalue weighted by Crippen LogP contribution is -2.29. The number of benzene rings is 2. The molecule has 0 unspecified atom stereocenters. The molecule has 126 valence electrons. The first-order valence-electron chi connectivity index (χ1n) is 6.69. The van der Waals surface area contributed by atoms with Gasteiger partial charge >= 0.3 is 11.8 Å². The maximum atomic E-state index is 11.8. The van der Waals surface area contributed by atoms with Crippen LogP contribution >= 0.6 is 0 Å². The summed E-state index contributed by atoms with van der Waals surface area (Å²) in [5, 5.41) is 9.75. The maximum Gasteiger partial charge on any atom is 0.314 e. The van der Waals surface area contributed by atoms with Gasteiger partial charge in [0.2, 0.25) is 10.0 Å². The highest BCUT2D eigenvalue weighted by Gasteiger charge is 2.15. The number of primary sulfonamides is 1. The molecule has 0 heterocycles. The predicted octanol–water partition coefficient (Wildman–Crippen LogP) is 0.920. The van der Waals surface area contributed by atoms with Crippen molar-refractivity contribution in [2.75, 3.05) is 17.7 Å². The second-order valence-electron chi connectivity index (χ2n) is 4.71. The minimum Gasteiger partial charge on any atom is -0.497 e. The van der Waals surface area contributed by atoms with Crippen LogP contribution in [0.2, 0.25) is 0 Å². The number of anilines is 2. The summed E-state index contributed by atoms with van der Waals surface area (Å²) in [6.07, 6.45) is 0. The molecule has 4 N–H and O–H groups in total. The summed E-state index contributed by atoms with van der Waals surface area (Å²) in [5.74, 6) is -1.14. The average Bonchev–Trinajstić information content (AvgIpc) is 2.55. The number of carbonyl (C=O) groups is 2. The van der Waals surface area contributed by atoms with E-state index in [0.717, 1.165) is 0 Å². The summed E-state index contributed by atoms with van der Waals surface area (Å²) >= 11 is 0. The number of amides is 2. The van der Waals surface area contributed by atoms with Gasteiger partial charge < -0.3 is 15.4 Å². The summed E-state index contributed by atoms with van der Waals surface area (Å²) in [4.78, 5) is 23.6. The van der Waals surface area contributed by atoms with Crippen LogP contribution in [0.4, 0.5) is 11.4 Å². The van der Waals surface area contributed by atoms with Gasteiger partial charge in [-0.1, -0.05) is 0 Å². The molecule has 0 aliphatic carbocycles. The second-order valence-corrected chi connectivity index (χ2v) is 6.27. The Morgan fingerprint density at radius 3 is 1.67 bits per heavy atom. The van der Waals surface area contributed by atoms with Gasteiger partial charge in [0.1, 0.15) is 5.75 Å². The lowest BCUT2D eigenvalue weighted by atomic mass is 10.3. The van der Waals surface area contributed by atoms with Gasteiger partial charge in [-0.25, -0.2) is 13.6 Å². The van der Waals surface area contributed by atoms with Crippen molar-refractivity contribution in [1.82, 2.24) is 0 Å². The van der Waals surface area contributed by atoms with E-state index in [1.165, 1.54) is 31.4 Å². The van der Waals surface area contributed by atoms with Crippen LogP contribution in [-0.2, 0) is 19.6 Å². The van der Waals surface area contributed by atoms with Crippen molar-refractivity contribution >= 4 is 33.2 Å². The Labute approximate surface area is 138 Å². The van der Waals surface area contributed by atoms with Crippen LogP contribution in [0.3, 0.4) is 0 Å². The zero-order chi connectivity index (χ0) is 17.7. The van der Waals surface area contributed by atoms with Crippen LogP contribution in [0, 0.1) is 0 Å². The number of sulfonamides is 1. The molecule has 24 heavy (non-hydrogen) atoms. The molecule has 0 aliphatic heterocycles.